The zero-order valence-electron chi connectivity index (χ0n) is 9.56. The molecule has 0 aliphatic rings. The van der Waals surface area contributed by atoms with E-state index in [1.807, 2.05) is 11.4 Å². The van der Waals surface area contributed by atoms with Crippen LogP contribution in [0.4, 0.5) is 10.2 Å². The van der Waals surface area contributed by atoms with Gasteiger partial charge in [-0.25, -0.2) is 9.97 Å². The fourth-order valence-corrected chi connectivity index (χ4v) is 2.47. The van der Waals surface area contributed by atoms with Gasteiger partial charge in [0.05, 0.1) is 6.04 Å². The zero-order chi connectivity index (χ0) is 12.1. The molecule has 0 aromatic carbocycles. The Hall–Kier alpha value is -1.49. The van der Waals surface area contributed by atoms with Crippen LogP contribution in [-0.4, -0.2) is 9.97 Å². The smallest absolute Gasteiger partial charge is 0.217 e. The van der Waals surface area contributed by atoms with Crippen molar-refractivity contribution in [1.82, 2.24) is 9.97 Å². The summed E-state index contributed by atoms with van der Waals surface area (Å²) in [6.45, 7) is 2.13. The molecule has 1 unspecified atom stereocenters. The van der Waals surface area contributed by atoms with Gasteiger partial charge in [-0.2, -0.15) is 4.39 Å². The molecular formula is C12H14FN3S. The minimum absolute atomic E-state index is 0.189. The number of rotatable bonds is 5. The predicted octanol–water partition coefficient (Wildman–Crippen LogP) is 3.63. The van der Waals surface area contributed by atoms with Crippen molar-refractivity contribution in [2.45, 2.75) is 25.8 Å². The number of nitrogens with one attached hydrogen (secondary N) is 1. The van der Waals surface area contributed by atoms with Gasteiger partial charge in [0.2, 0.25) is 5.95 Å². The zero-order valence-corrected chi connectivity index (χ0v) is 10.4. The van der Waals surface area contributed by atoms with Gasteiger partial charge in [0.15, 0.2) is 0 Å². The third-order valence-electron chi connectivity index (χ3n) is 2.42. The molecule has 0 amide bonds. The van der Waals surface area contributed by atoms with Gasteiger partial charge < -0.3 is 5.32 Å². The van der Waals surface area contributed by atoms with Crippen LogP contribution >= 0.6 is 11.3 Å². The van der Waals surface area contributed by atoms with Gasteiger partial charge in [0, 0.05) is 10.9 Å². The number of hydrogen-bond acceptors (Lipinski definition) is 4. The molecule has 2 aromatic heterocycles. The molecule has 17 heavy (non-hydrogen) atoms. The van der Waals surface area contributed by atoms with E-state index >= 15 is 0 Å². The van der Waals surface area contributed by atoms with Crippen LogP contribution in [0.2, 0.25) is 0 Å². The highest BCUT2D eigenvalue weighted by atomic mass is 32.1. The highest BCUT2D eigenvalue weighted by Crippen LogP contribution is 2.26. The summed E-state index contributed by atoms with van der Waals surface area (Å²) in [6, 6.07) is 5.60. The molecule has 2 rings (SSSR count). The largest absolute Gasteiger partial charge is 0.362 e. The Labute approximate surface area is 104 Å². The van der Waals surface area contributed by atoms with Crippen molar-refractivity contribution in [3.63, 3.8) is 0 Å². The Morgan fingerprint density at radius 1 is 1.47 bits per heavy atom. The Morgan fingerprint density at radius 2 is 2.35 bits per heavy atom. The number of hydrogen-bond donors (Lipinski definition) is 1. The lowest BCUT2D eigenvalue weighted by atomic mass is 10.1. The molecule has 90 valence electrons. The van der Waals surface area contributed by atoms with Crippen molar-refractivity contribution in [2.24, 2.45) is 0 Å². The molecular weight excluding hydrogens is 237 g/mol. The number of aromatic nitrogens is 2. The van der Waals surface area contributed by atoms with Gasteiger partial charge in [-0.3, -0.25) is 0 Å². The lowest BCUT2D eigenvalue weighted by Gasteiger charge is -2.17. The second-order valence-electron chi connectivity index (χ2n) is 3.73. The van der Waals surface area contributed by atoms with Crippen LogP contribution in [0.1, 0.15) is 30.7 Å². The summed E-state index contributed by atoms with van der Waals surface area (Å²) < 4.78 is 13.0. The minimum Gasteiger partial charge on any atom is -0.362 e. The molecule has 0 saturated heterocycles. The molecule has 2 heterocycles. The fourth-order valence-electron chi connectivity index (χ4n) is 1.65. The monoisotopic (exact) mass is 251 g/mol. The highest BCUT2D eigenvalue weighted by molar-refractivity contribution is 7.10. The number of nitrogens with zero attached hydrogens (tertiary/aromatic N) is 2. The lowest BCUT2D eigenvalue weighted by Crippen LogP contribution is -2.10. The molecule has 5 heteroatoms. The molecule has 0 fully saturated rings. The maximum Gasteiger partial charge on any atom is 0.217 e. The predicted molar refractivity (Wildman–Crippen MR) is 67.6 cm³/mol. The first-order valence-corrected chi connectivity index (χ1v) is 6.45. The van der Waals surface area contributed by atoms with Crippen molar-refractivity contribution in [3.05, 3.63) is 40.7 Å². The van der Waals surface area contributed by atoms with E-state index < -0.39 is 5.95 Å². The van der Waals surface area contributed by atoms with Crippen molar-refractivity contribution in [1.29, 1.82) is 0 Å². The van der Waals surface area contributed by atoms with E-state index in [4.69, 9.17) is 0 Å². The third-order valence-corrected chi connectivity index (χ3v) is 3.41. The van der Waals surface area contributed by atoms with Crippen LogP contribution in [0.5, 0.6) is 0 Å². The lowest BCUT2D eigenvalue weighted by molar-refractivity contribution is 0.578. The molecule has 1 N–H and O–H groups in total. The molecule has 1 atom stereocenters. The molecule has 2 aromatic rings. The van der Waals surface area contributed by atoms with Crippen LogP contribution < -0.4 is 5.32 Å². The van der Waals surface area contributed by atoms with Crippen LogP contribution in [0.3, 0.4) is 0 Å². The molecule has 0 saturated carbocycles. The van der Waals surface area contributed by atoms with Crippen molar-refractivity contribution < 1.29 is 4.39 Å². The molecule has 0 radical (unpaired) electrons. The van der Waals surface area contributed by atoms with Crippen molar-refractivity contribution >= 4 is 17.2 Å². The van der Waals surface area contributed by atoms with E-state index in [1.165, 1.54) is 17.3 Å². The summed E-state index contributed by atoms with van der Waals surface area (Å²) in [5.41, 5.74) is 0. The second-order valence-corrected chi connectivity index (χ2v) is 4.71. The van der Waals surface area contributed by atoms with Crippen LogP contribution in [0.25, 0.3) is 0 Å². The average Bonchev–Trinajstić information content (AvgIpc) is 2.82. The maximum absolute atomic E-state index is 13.0. The first kappa shape index (κ1) is 12.0. The SMILES string of the molecule is CCCC(Nc1cc(F)ncn1)c1cccs1. The van der Waals surface area contributed by atoms with E-state index in [0.717, 1.165) is 12.8 Å². The van der Waals surface area contributed by atoms with Gasteiger partial charge in [0.25, 0.3) is 0 Å². The van der Waals surface area contributed by atoms with Gasteiger partial charge in [-0.05, 0) is 17.9 Å². The van der Waals surface area contributed by atoms with Gasteiger partial charge in [-0.1, -0.05) is 19.4 Å². The topological polar surface area (TPSA) is 37.8 Å². The van der Waals surface area contributed by atoms with E-state index in [0.29, 0.717) is 5.82 Å². The summed E-state index contributed by atoms with van der Waals surface area (Å²) in [4.78, 5) is 8.70. The summed E-state index contributed by atoms with van der Waals surface area (Å²) in [5, 5.41) is 5.28. The molecule has 0 aliphatic heterocycles. The van der Waals surface area contributed by atoms with Crippen molar-refractivity contribution in [3.8, 4) is 0 Å². The molecule has 0 aliphatic carbocycles. The van der Waals surface area contributed by atoms with Gasteiger partial charge in [0.1, 0.15) is 12.1 Å². The molecule has 0 bridgehead atoms. The summed E-state index contributed by atoms with van der Waals surface area (Å²) in [5.74, 6) is 0.0216. The van der Waals surface area contributed by atoms with E-state index in [-0.39, 0.29) is 6.04 Å². The first-order chi connectivity index (χ1) is 8.29. The molecule has 0 spiro atoms. The number of anilines is 1. The normalized spacial score (nSPS) is 12.4. The second kappa shape index (κ2) is 5.72. The standard InChI is InChI=1S/C12H14FN3S/c1-2-4-9(10-5-3-6-17-10)16-12-7-11(13)14-8-15-12/h3,5-9H,2,4H2,1H3,(H,14,15,16). The average molecular weight is 251 g/mol. The minimum atomic E-state index is -0.510. The Morgan fingerprint density at radius 3 is 3.00 bits per heavy atom. The van der Waals surface area contributed by atoms with E-state index in [2.05, 4.69) is 28.3 Å². The molecule has 3 nitrogen and oxygen atoms in total. The van der Waals surface area contributed by atoms with Crippen LogP contribution in [0, 0.1) is 5.95 Å². The Kier molecular flexibility index (Phi) is 4.03. The van der Waals surface area contributed by atoms with Crippen LogP contribution in [0.15, 0.2) is 29.9 Å². The van der Waals surface area contributed by atoms with Crippen molar-refractivity contribution in [2.75, 3.05) is 5.32 Å². The first-order valence-electron chi connectivity index (χ1n) is 5.57. The Balaban J connectivity index is 2.13. The third kappa shape index (κ3) is 3.23. The maximum atomic E-state index is 13.0. The number of halogens is 1. The summed E-state index contributed by atoms with van der Waals surface area (Å²) >= 11 is 1.69. The fraction of sp³-hybridized carbons (Fsp3) is 0.333. The quantitative estimate of drug-likeness (QED) is 0.824. The number of thiophene rings is 1. The summed E-state index contributed by atoms with van der Waals surface area (Å²) in [6.07, 6.45) is 3.28. The van der Waals surface area contributed by atoms with Gasteiger partial charge in [-0.15, -0.1) is 11.3 Å². The summed E-state index contributed by atoms with van der Waals surface area (Å²) in [7, 11) is 0. The van der Waals surface area contributed by atoms with Crippen LogP contribution in [-0.2, 0) is 0 Å². The Bertz CT molecular complexity index is 459. The van der Waals surface area contributed by atoms with E-state index in [1.54, 1.807) is 11.3 Å². The van der Waals surface area contributed by atoms with E-state index in [9.17, 15) is 4.39 Å². The highest BCUT2D eigenvalue weighted by Gasteiger charge is 2.12. The van der Waals surface area contributed by atoms with Gasteiger partial charge >= 0.3 is 0 Å².